The Bertz CT molecular complexity index is 322. The van der Waals surface area contributed by atoms with Crippen LogP contribution in [0.15, 0.2) is 24.3 Å². The van der Waals surface area contributed by atoms with Gasteiger partial charge < -0.3 is 10.2 Å². The van der Waals surface area contributed by atoms with E-state index in [1.807, 2.05) is 0 Å². The number of hydrogen-bond acceptors (Lipinski definition) is 2. The molecule has 1 atom stereocenters. The van der Waals surface area contributed by atoms with Crippen LogP contribution in [-0.2, 0) is 0 Å². The minimum Gasteiger partial charge on any atom is -0.370 e. The van der Waals surface area contributed by atoms with Crippen molar-refractivity contribution in [3.05, 3.63) is 29.8 Å². The summed E-state index contributed by atoms with van der Waals surface area (Å²) >= 11 is 0. The molecule has 1 aromatic rings. The second kappa shape index (κ2) is 4.67. The highest BCUT2D eigenvalue weighted by Crippen LogP contribution is 2.23. The van der Waals surface area contributed by atoms with Crippen molar-refractivity contribution >= 4 is 5.69 Å². The zero-order valence-corrected chi connectivity index (χ0v) is 9.66. The Morgan fingerprint density at radius 2 is 2.20 bits per heavy atom. The van der Waals surface area contributed by atoms with E-state index in [1.165, 1.54) is 24.2 Å². The summed E-state index contributed by atoms with van der Waals surface area (Å²) in [5, 5.41) is 3.52. The number of nitrogens with one attached hydrogen (secondary N) is 1. The van der Waals surface area contributed by atoms with Gasteiger partial charge in [0.1, 0.15) is 0 Å². The minimum absolute atomic E-state index is 0.676. The molecule has 0 saturated carbocycles. The van der Waals surface area contributed by atoms with Crippen molar-refractivity contribution in [1.82, 2.24) is 5.32 Å². The maximum atomic E-state index is 3.52. The molecular weight excluding hydrogens is 184 g/mol. The quantitative estimate of drug-likeness (QED) is 0.812. The highest BCUT2D eigenvalue weighted by atomic mass is 15.2. The lowest BCUT2D eigenvalue weighted by atomic mass is 10.2. The van der Waals surface area contributed by atoms with E-state index in [0.717, 1.165) is 13.1 Å². The van der Waals surface area contributed by atoms with Crippen LogP contribution in [-0.4, -0.2) is 25.7 Å². The Balaban J connectivity index is 2.04. The molecular formula is C13H20N2. The molecule has 2 nitrogen and oxygen atoms in total. The number of aryl methyl sites for hydroxylation is 1. The highest BCUT2D eigenvalue weighted by Gasteiger charge is 2.22. The molecule has 1 aromatic carbocycles. The van der Waals surface area contributed by atoms with E-state index in [-0.39, 0.29) is 0 Å². The standard InChI is InChI=1S/C13H20N2/c1-3-14-12-8-9-15(10-12)13-7-5-4-6-11(13)2/h4-7,12,14H,3,8-10H2,1-2H3. The van der Waals surface area contributed by atoms with Crippen molar-refractivity contribution in [3.63, 3.8) is 0 Å². The van der Waals surface area contributed by atoms with Crippen LogP contribution in [0.5, 0.6) is 0 Å². The van der Waals surface area contributed by atoms with Gasteiger partial charge in [-0.2, -0.15) is 0 Å². The topological polar surface area (TPSA) is 15.3 Å². The normalized spacial score (nSPS) is 20.9. The molecule has 1 N–H and O–H groups in total. The van der Waals surface area contributed by atoms with E-state index in [2.05, 4.69) is 48.3 Å². The number of hydrogen-bond donors (Lipinski definition) is 1. The number of para-hydroxylation sites is 1. The molecule has 2 heteroatoms. The first-order valence-corrected chi connectivity index (χ1v) is 5.85. The van der Waals surface area contributed by atoms with E-state index >= 15 is 0 Å². The van der Waals surface area contributed by atoms with Crippen molar-refractivity contribution in [2.75, 3.05) is 24.5 Å². The van der Waals surface area contributed by atoms with Crippen LogP contribution in [0.1, 0.15) is 18.9 Å². The highest BCUT2D eigenvalue weighted by molar-refractivity contribution is 5.53. The summed E-state index contributed by atoms with van der Waals surface area (Å²) in [6, 6.07) is 9.33. The molecule has 1 aliphatic heterocycles. The fourth-order valence-corrected chi connectivity index (χ4v) is 2.35. The molecule has 1 heterocycles. The molecule has 0 aliphatic carbocycles. The van der Waals surface area contributed by atoms with Crippen LogP contribution < -0.4 is 10.2 Å². The summed E-state index contributed by atoms with van der Waals surface area (Å²) < 4.78 is 0. The summed E-state index contributed by atoms with van der Waals surface area (Å²) in [7, 11) is 0. The Hall–Kier alpha value is -1.02. The van der Waals surface area contributed by atoms with Crippen LogP contribution in [0, 0.1) is 6.92 Å². The number of anilines is 1. The third-order valence-corrected chi connectivity index (χ3v) is 3.14. The third kappa shape index (κ3) is 2.32. The SMILES string of the molecule is CCNC1CCN(c2ccccc2C)C1. The van der Waals surface area contributed by atoms with Gasteiger partial charge in [0.05, 0.1) is 0 Å². The van der Waals surface area contributed by atoms with Crippen molar-refractivity contribution < 1.29 is 0 Å². The lowest BCUT2D eigenvalue weighted by molar-refractivity contribution is 0.572. The van der Waals surface area contributed by atoms with Gasteiger partial charge in [-0.3, -0.25) is 0 Å². The third-order valence-electron chi connectivity index (χ3n) is 3.14. The first-order chi connectivity index (χ1) is 7.31. The number of nitrogens with zero attached hydrogens (tertiary/aromatic N) is 1. The predicted molar refractivity (Wildman–Crippen MR) is 65.5 cm³/mol. The second-order valence-corrected chi connectivity index (χ2v) is 4.28. The average molecular weight is 204 g/mol. The van der Waals surface area contributed by atoms with Crippen molar-refractivity contribution in [2.24, 2.45) is 0 Å². The lowest BCUT2D eigenvalue weighted by Gasteiger charge is -2.20. The van der Waals surface area contributed by atoms with Gasteiger partial charge in [0.15, 0.2) is 0 Å². The van der Waals surface area contributed by atoms with E-state index < -0.39 is 0 Å². The fraction of sp³-hybridized carbons (Fsp3) is 0.538. The molecule has 0 aromatic heterocycles. The van der Waals surface area contributed by atoms with Crippen LogP contribution in [0.2, 0.25) is 0 Å². The Kier molecular flexibility index (Phi) is 3.27. The van der Waals surface area contributed by atoms with Gasteiger partial charge in [0.25, 0.3) is 0 Å². The van der Waals surface area contributed by atoms with Gasteiger partial charge in [0.2, 0.25) is 0 Å². The van der Waals surface area contributed by atoms with E-state index in [9.17, 15) is 0 Å². The van der Waals surface area contributed by atoms with Gasteiger partial charge in [-0.15, -0.1) is 0 Å². The monoisotopic (exact) mass is 204 g/mol. The lowest BCUT2D eigenvalue weighted by Crippen LogP contribution is -2.32. The zero-order valence-electron chi connectivity index (χ0n) is 9.66. The number of benzene rings is 1. The second-order valence-electron chi connectivity index (χ2n) is 4.28. The fourth-order valence-electron chi connectivity index (χ4n) is 2.35. The van der Waals surface area contributed by atoms with Gasteiger partial charge in [-0.05, 0) is 31.5 Å². The van der Waals surface area contributed by atoms with Crippen LogP contribution in [0.25, 0.3) is 0 Å². The molecule has 1 saturated heterocycles. The van der Waals surface area contributed by atoms with Gasteiger partial charge >= 0.3 is 0 Å². The summed E-state index contributed by atoms with van der Waals surface area (Å²) in [4.78, 5) is 2.49. The molecule has 82 valence electrons. The summed E-state index contributed by atoms with van der Waals surface area (Å²) in [5.41, 5.74) is 2.78. The van der Waals surface area contributed by atoms with Crippen molar-refractivity contribution in [2.45, 2.75) is 26.3 Å². The maximum absolute atomic E-state index is 3.52. The van der Waals surface area contributed by atoms with Crippen LogP contribution in [0.4, 0.5) is 5.69 Å². The molecule has 2 rings (SSSR count). The molecule has 0 bridgehead atoms. The smallest absolute Gasteiger partial charge is 0.0396 e. The Morgan fingerprint density at radius 1 is 1.40 bits per heavy atom. The zero-order chi connectivity index (χ0) is 10.7. The number of likely N-dealkylation sites (N-methyl/N-ethyl adjacent to an activating group) is 1. The molecule has 1 aliphatic rings. The Morgan fingerprint density at radius 3 is 2.93 bits per heavy atom. The van der Waals surface area contributed by atoms with E-state index in [4.69, 9.17) is 0 Å². The van der Waals surface area contributed by atoms with Crippen molar-refractivity contribution in [1.29, 1.82) is 0 Å². The molecule has 0 spiro atoms. The predicted octanol–water partition coefficient (Wildman–Crippen LogP) is 2.18. The maximum Gasteiger partial charge on any atom is 0.0396 e. The Labute approximate surface area is 92.3 Å². The van der Waals surface area contributed by atoms with Gasteiger partial charge in [-0.1, -0.05) is 25.1 Å². The van der Waals surface area contributed by atoms with Gasteiger partial charge in [0, 0.05) is 24.8 Å². The molecule has 0 radical (unpaired) electrons. The van der Waals surface area contributed by atoms with E-state index in [1.54, 1.807) is 0 Å². The average Bonchev–Trinajstić information content (AvgIpc) is 2.68. The van der Waals surface area contributed by atoms with Crippen LogP contribution in [0.3, 0.4) is 0 Å². The first kappa shape index (κ1) is 10.5. The van der Waals surface area contributed by atoms with Crippen LogP contribution >= 0.6 is 0 Å². The van der Waals surface area contributed by atoms with Crippen molar-refractivity contribution in [3.8, 4) is 0 Å². The minimum atomic E-state index is 0.676. The molecule has 1 fully saturated rings. The largest absolute Gasteiger partial charge is 0.370 e. The number of rotatable bonds is 3. The summed E-state index contributed by atoms with van der Waals surface area (Å²) in [5.74, 6) is 0. The molecule has 0 amide bonds. The van der Waals surface area contributed by atoms with E-state index in [0.29, 0.717) is 6.04 Å². The summed E-state index contributed by atoms with van der Waals surface area (Å²) in [6.07, 6.45) is 1.27. The van der Waals surface area contributed by atoms with Gasteiger partial charge in [-0.25, -0.2) is 0 Å². The molecule has 15 heavy (non-hydrogen) atoms. The first-order valence-electron chi connectivity index (χ1n) is 5.85. The molecule has 1 unspecified atom stereocenters. The summed E-state index contributed by atoms with van der Waals surface area (Å²) in [6.45, 7) is 7.78.